The van der Waals surface area contributed by atoms with Crippen LogP contribution in [0.4, 0.5) is 42.5 Å². The van der Waals surface area contributed by atoms with Crippen molar-refractivity contribution < 1.29 is 45.3 Å². The molecule has 1 aliphatic rings. The molecular weight excluding hydrogens is 486 g/mol. The van der Waals surface area contributed by atoms with Gasteiger partial charge in [-0.15, -0.1) is 8.78 Å². The quantitative estimate of drug-likeness (QED) is 0.451. The zero-order valence-electron chi connectivity index (χ0n) is 16.9. The lowest BCUT2D eigenvalue weighted by atomic mass is 10.1. The molecule has 3 aromatic rings. The fourth-order valence-electron chi connectivity index (χ4n) is 2.93. The van der Waals surface area contributed by atoms with Crippen LogP contribution >= 0.6 is 0 Å². The number of carbonyl (C=O) groups is 1. The second kappa shape index (κ2) is 8.69. The molecule has 2 heterocycles. The lowest BCUT2D eigenvalue weighted by molar-refractivity contribution is -0.461. The first-order chi connectivity index (χ1) is 16.5. The summed E-state index contributed by atoms with van der Waals surface area (Å²) < 4.78 is 95.3. The Hall–Kier alpha value is -4.51. The van der Waals surface area contributed by atoms with E-state index in [1.165, 1.54) is 18.3 Å². The molecule has 14 heteroatoms. The fourth-order valence-corrected chi connectivity index (χ4v) is 2.93. The Bertz CT molecular complexity index is 1360. The number of pyridine rings is 1. The molecular formula is C21H10F6N4O4. The zero-order chi connectivity index (χ0) is 25.4. The highest BCUT2D eigenvalue weighted by Crippen LogP contribution is 2.46. The molecule has 2 aromatic carbocycles. The Morgan fingerprint density at radius 3 is 2.54 bits per heavy atom. The fraction of sp³-hybridized carbons (Fsp3) is 0.0952. The first-order valence-electron chi connectivity index (χ1n) is 9.37. The lowest BCUT2D eigenvalue weighted by Gasteiger charge is -2.30. The van der Waals surface area contributed by atoms with Crippen LogP contribution in [0.15, 0.2) is 48.7 Å². The van der Waals surface area contributed by atoms with E-state index >= 15 is 0 Å². The van der Waals surface area contributed by atoms with E-state index in [9.17, 15) is 31.1 Å². The van der Waals surface area contributed by atoms with Crippen LogP contribution in [0.1, 0.15) is 11.3 Å². The lowest BCUT2D eigenvalue weighted by Crippen LogP contribution is -2.41. The summed E-state index contributed by atoms with van der Waals surface area (Å²) in [6.45, 7) is 0. The molecule has 0 spiro atoms. The normalized spacial score (nSPS) is 15.2. The van der Waals surface area contributed by atoms with Gasteiger partial charge in [0, 0.05) is 18.0 Å². The van der Waals surface area contributed by atoms with E-state index in [4.69, 9.17) is 10.00 Å². The number of nitriles is 1. The van der Waals surface area contributed by atoms with Crippen molar-refractivity contribution in [2.45, 2.75) is 12.4 Å². The van der Waals surface area contributed by atoms with E-state index < -0.39 is 52.8 Å². The summed E-state index contributed by atoms with van der Waals surface area (Å²) >= 11 is 0. The van der Waals surface area contributed by atoms with Gasteiger partial charge in [-0.1, -0.05) is 0 Å². The molecule has 1 aliphatic heterocycles. The van der Waals surface area contributed by atoms with Crippen LogP contribution < -0.4 is 20.1 Å². The number of amides is 2. The number of urea groups is 1. The van der Waals surface area contributed by atoms with Crippen LogP contribution in [-0.4, -0.2) is 17.3 Å². The number of benzene rings is 2. The number of hydrogen-bond acceptors (Lipinski definition) is 6. The minimum Gasteiger partial charge on any atom is -0.454 e. The number of anilines is 2. The highest BCUT2D eigenvalue weighted by molar-refractivity contribution is 6.00. The van der Waals surface area contributed by atoms with Gasteiger partial charge in [0.15, 0.2) is 11.6 Å². The second-order valence-corrected chi connectivity index (χ2v) is 6.80. The van der Waals surface area contributed by atoms with Crippen LogP contribution in [0, 0.1) is 23.0 Å². The number of halogens is 6. The maximum Gasteiger partial charge on any atom is 0.540 e. The maximum atomic E-state index is 14.4. The Balaban J connectivity index is 1.48. The average Bonchev–Trinajstić information content (AvgIpc) is 2.78. The average molecular weight is 496 g/mol. The summed E-state index contributed by atoms with van der Waals surface area (Å²) in [6.07, 6.45) is -7.77. The largest absolute Gasteiger partial charge is 0.540 e. The molecule has 2 amide bonds. The molecule has 0 fully saturated rings. The molecule has 2 N–H and O–H groups in total. The first-order valence-corrected chi connectivity index (χ1v) is 9.37. The summed E-state index contributed by atoms with van der Waals surface area (Å²) in [5.41, 5.74) is -2.06. The summed E-state index contributed by atoms with van der Waals surface area (Å²) in [7, 11) is 0. The van der Waals surface area contributed by atoms with Crippen molar-refractivity contribution in [3.05, 3.63) is 71.6 Å². The molecule has 4 rings (SSSR count). The van der Waals surface area contributed by atoms with Gasteiger partial charge in [-0.3, -0.25) is 0 Å². The number of rotatable bonds is 4. The van der Waals surface area contributed by atoms with Crippen molar-refractivity contribution in [1.82, 2.24) is 4.98 Å². The summed E-state index contributed by atoms with van der Waals surface area (Å²) in [6, 6.07) is 7.36. The van der Waals surface area contributed by atoms with Crippen molar-refractivity contribution in [3.63, 3.8) is 0 Å². The number of fused-ring (bicyclic) bond motifs is 1. The van der Waals surface area contributed by atoms with Crippen molar-refractivity contribution in [2.24, 2.45) is 0 Å². The number of nitrogens with zero attached hydrogens (tertiary/aromatic N) is 2. The second-order valence-electron chi connectivity index (χ2n) is 6.80. The molecule has 0 saturated heterocycles. The molecule has 0 bridgehead atoms. The van der Waals surface area contributed by atoms with E-state index in [0.29, 0.717) is 6.07 Å². The molecule has 0 aliphatic carbocycles. The smallest absolute Gasteiger partial charge is 0.454 e. The van der Waals surface area contributed by atoms with Gasteiger partial charge in [0.2, 0.25) is 5.82 Å². The molecule has 0 unspecified atom stereocenters. The molecule has 0 saturated carbocycles. The number of ether oxygens (including phenoxy) is 3. The van der Waals surface area contributed by atoms with Crippen LogP contribution in [0.3, 0.4) is 0 Å². The monoisotopic (exact) mass is 496 g/mol. The third-order valence-corrected chi connectivity index (χ3v) is 4.40. The molecule has 1 aromatic heterocycles. The SMILES string of the molecule is N#Cc1cc(Oc2ccc(NC(=O)Nc3ccc4c(c3)C(F)(F)OC(F)(F)O4)c(F)c2F)ccn1. The Morgan fingerprint density at radius 2 is 1.80 bits per heavy atom. The standard InChI is InChI=1S/C21H10F6N4O4/c22-17-14(2-4-16(18(17)23)33-12-5-6-29-11(7-12)9-28)31-19(32)30-10-1-3-15-13(8-10)20(24,25)35-21(26,27)34-15/h1-8H,(H2,30,31,32). The number of aromatic nitrogens is 1. The Morgan fingerprint density at radius 1 is 1.03 bits per heavy atom. The van der Waals surface area contributed by atoms with Crippen LogP contribution in [0.2, 0.25) is 0 Å². The van der Waals surface area contributed by atoms with Crippen molar-refractivity contribution in [3.8, 4) is 23.3 Å². The van der Waals surface area contributed by atoms with E-state index in [2.05, 4.69) is 19.8 Å². The van der Waals surface area contributed by atoms with Crippen molar-refractivity contribution in [1.29, 1.82) is 5.26 Å². The Kier molecular flexibility index (Phi) is 5.87. The van der Waals surface area contributed by atoms with E-state index in [1.54, 1.807) is 6.07 Å². The highest BCUT2D eigenvalue weighted by atomic mass is 19.3. The zero-order valence-corrected chi connectivity index (χ0v) is 16.9. The number of nitrogens with one attached hydrogen (secondary N) is 2. The van der Waals surface area contributed by atoms with Gasteiger partial charge in [0.1, 0.15) is 23.3 Å². The molecule has 35 heavy (non-hydrogen) atoms. The predicted molar refractivity (Wildman–Crippen MR) is 105 cm³/mol. The van der Waals surface area contributed by atoms with Gasteiger partial charge in [0.05, 0.1) is 11.3 Å². The van der Waals surface area contributed by atoms with Gasteiger partial charge in [-0.05, 0) is 36.4 Å². The van der Waals surface area contributed by atoms with Crippen molar-refractivity contribution in [2.75, 3.05) is 10.6 Å². The Labute approximate surface area is 191 Å². The topological polar surface area (TPSA) is 106 Å². The van der Waals surface area contributed by atoms with Gasteiger partial charge in [-0.2, -0.15) is 18.4 Å². The minimum atomic E-state index is -4.56. The molecule has 8 nitrogen and oxygen atoms in total. The van der Waals surface area contributed by atoms with Crippen LogP contribution in [-0.2, 0) is 10.8 Å². The molecule has 180 valence electrons. The van der Waals surface area contributed by atoms with Gasteiger partial charge in [0.25, 0.3) is 0 Å². The highest BCUT2D eigenvalue weighted by Gasteiger charge is 2.54. The summed E-state index contributed by atoms with van der Waals surface area (Å²) in [4.78, 5) is 15.9. The van der Waals surface area contributed by atoms with Crippen molar-refractivity contribution >= 4 is 17.4 Å². The van der Waals surface area contributed by atoms with Gasteiger partial charge in [-0.25, -0.2) is 18.9 Å². The maximum absolute atomic E-state index is 14.4. The van der Waals surface area contributed by atoms with E-state index in [1.807, 2.05) is 5.32 Å². The van der Waals surface area contributed by atoms with Gasteiger partial charge >= 0.3 is 18.4 Å². The number of alkyl halides is 4. The molecule has 0 atom stereocenters. The van der Waals surface area contributed by atoms with Gasteiger partial charge < -0.3 is 20.1 Å². The minimum absolute atomic E-state index is 0.00300. The van der Waals surface area contributed by atoms with E-state index in [0.717, 1.165) is 24.3 Å². The first kappa shape index (κ1) is 23.6. The predicted octanol–water partition coefficient (Wildman–Crippen LogP) is 5.68. The third-order valence-electron chi connectivity index (χ3n) is 4.40. The van der Waals surface area contributed by atoms with Crippen LogP contribution in [0.5, 0.6) is 17.2 Å². The number of hydrogen-bond donors (Lipinski definition) is 2. The number of carbonyl (C=O) groups excluding carboxylic acids is 1. The van der Waals surface area contributed by atoms with Crippen LogP contribution in [0.25, 0.3) is 0 Å². The molecule has 0 radical (unpaired) electrons. The summed E-state index contributed by atoms with van der Waals surface area (Å²) in [5, 5.41) is 12.9. The summed E-state index contributed by atoms with van der Waals surface area (Å²) in [5.74, 6) is -4.41. The van der Waals surface area contributed by atoms with E-state index in [-0.39, 0.29) is 17.1 Å². The third kappa shape index (κ3) is 5.04.